The van der Waals surface area contributed by atoms with E-state index in [2.05, 4.69) is 28.1 Å². The van der Waals surface area contributed by atoms with E-state index in [1.54, 1.807) is 0 Å². The van der Waals surface area contributed by atoms with Crippen molar-refractivity contribution in [1.82, 2.24) is 10.6 Å². The molecule has 0 aromatic rings. The van der Waals surface area contributed by atoms with Crippen LogP contribution in [0.25, 0.3) is 0 Å². The zero-order chi connectivity index (χ0) is 12.1. The Balaban J connectivity index is 0. The molecule has 6 heteroatoms. The van der Waals surface area contributed by atoms with Crippen molar-refractivity contribution < 1.29 is 0 Å². The summed E-state index contributed by atoms with van der Waals surface area (Å²) in [5.41, 5.74) is 0. The minimum atomic E-state index is 0. The van der Waals surface area contributed by atoms with Gasteiger partial charge in [-0.15, -0.1) is 24.0 Å². The number of aliphatic imine (C=N–C) groups is 1. The van der Waals surface area contributed by atoms with Crippen LogP contribution in [0.1, 0.15) is 19.3 Å². The Morgan fingerprint density at radius 1 is 0.941 bits per heavy atom. The summed E-state index contributed by atoms with van der Waals surface area (Å²) >= 11 is 3.79. The lowest BCUT2D eigenvalue weighted by Gasteiger charge is -2.11. The van der Waals surface area contributed by atoms with Crippen molar-refractivity contribution in [2.24, 2.45) is 4.99 Å². The summed E-state index contributed by atoms with van der Waals surface area (Å²) in [6.07, 6.45) is 7.97. The maximum absolute atomic E-state index is 4.19. The van der Waals surface area contributed by atoms with Gasteiger partial charge in [0.05, 0.1) is 0 Å². The second kappa shape index (κ2) is 16.7. The molecule has 0 rings (SSSR count). The first kappa shape index (κ1) is 20.0. The lowest BCUT2D eigenvalue weighted by molar-refractivity contribution is 0.728. The Hall–Kier alpha value is 0.700. The SMILES string of the molecule is CN=C(NCCCCSC)NCCCSC.I. The quantitative estimate of drug-likeness (QED) is 0.274. The molecule has 0 radical (unpaired) electrons. The van der Waals surface area contributed by atoms with Crippen molar-refractivity contribution in [2.75, 3.05) is 44.2 Å². The monoisotopic (exact) mass is 391 g/mol. The van der Waals surface area contributed by atoms with Gasteiger partial charge >= 0.3 is 0 Å². The molecule has 0 heterocycles. The smallest absolute Gasteiger partial charge is 0.190 e. The Morgan fingerprint density at radius 2 is 1.47 bits per heavy atom. The Kier molecular flexibility index (Phi) is 19.7. The van der Waals surface area contributed by atoms with E-state index in [-0.39, 0.29) is 24.0 Å². The lowest BCUT2D eigenvalue weighted by atomic mass is 10.3. The van der Waals surface area contributed by atoms with Gasteiger partial charge in [-0.25, -0.2) is 0 Å². The highest BCUT2D eigenvalue weighted by Crippen LogP contribution is 1.97. The Morgan fingerprint density at radius 3 is 2.00 bits per heavy atom. The van der Waals surface area contributed by atoms with Crippen LogP contribution in [0.4, 0.5) is 0 Å². The second-order valence-electron chi connectivity index (χ2n) is 3.47. The number of nitrogens with zero attached hydrogens (tertiary/aromatic N) is 1. The molecule has 0 aliphatic carbocycles. The van der Waals surface area contributed by atoms with Gasteiger partial charge < -0.3 is 10.6 Å². The molecule has 0 bridgehead atoms. The van der Waals surface area contributed by atoms with Gasteiger partial charge in [-0.3, -0.25) is 4.99 Å². The van der Waals surface area contributed by atoms with E-state index in [4.69, 9.17) is 0 Å². The standard InChI is InChI=1S/C11H25N3S2.HI/c1-12-11(14-8-6-10-16-3)13-7-4-5-9-15-2;/h4-10H2,1-3H3,(H2,12,13,14);1H. The number of guanidine groups is 1. The Labute approximate surface area is 132 Å². The van der Waals surface area contributed by atoms with Gasteiger partial charge in [0.1, 0.15) is 0 Å². The number of hydrogen-bond acceptors (Lipinski definition) is 3. The summed E-state index contributed by atoms with van der Waals surface area (Å²) in [6.45, 7) is 2.02. The van der Waals surface area contributed by atoms with Crippen LogP contribution < -0.4 is 10.6 Å². The first-order valence-corrected chi connectivity index (χ1v) is 8.56. The number of thioether (sulfide) groups is 2. The van der Waals surface area contributed by atoms with Crippen LogP contribution in [-0.2, 0) is 0 Å². The fraction of sp³-hybridized carbons (Fsp3) is 0.909. The number of halogens is 1. The first-order valence-electron chi connectivity index (χ1n) is 5.77. The molecule has 0 spiro atoms. The topological polar surface area (TPSA) is 36.4 Å². The molecule has 0 aromatic heterocycles. The van der Waals surface area contributed by atoms with Gasteiger partial charge in [0, 0.05) is 20.1 Å². The van der Waals surface area contributed by atoms with E-state index in [1.807, 2.05) is 30.6 Å². The fourth-order valence-corrected chi connectivity index (χ4v) is 2.15. The van der Waals surface area contributed by atoms with Crippen LogP contribution in [0, 0.1) is 0 Å². The van der Waals surface area contributed by atoms with Crippen molar-refractivity contribution in [3.8, 4) is 0 Å². The largest absolute Gasteiger partial charge is 0.356 e. The van der Waals surface area contributed by atoms with E-state index in [0.717, 1.165) is 19.0 Å². The highest BCUT2D eigenvalue weighted by atomic mass is 127. The molecule has 0 atom stereocenters. The molecule has 0 aliphatic rings. The molecule has 0 aromatic carbocycles. The molecule has 0 fully saturated rings. The molecular weight excluding hydrogens is 365 g/mol. The van der Waals surface area contributed by atoms with Crippen molar-refractivity contribution in [1.29, 1.82) is 0 Å². The molecule has 0 amide bonds. The van der Waals surface area contributed by atoms with E-state index in [1.165, 1.54) is 30.8 Å². The molecule has 104 valence electrons. The predicted molar refractivity (Wildman–Crippen MR) is 95.4 cm³/mol. The maximum atomic E-state index is 4.19. The molecule has 0 unspecified atom stereocenters. The fourth-order valence-electron chi connectivity index (χ4n) is 1.22. The van der Waals surface area contributed by atoms with Gasteiger partial charge in [0.15, 0.2) is 5.96 Å². The van der Waals surface area contributed by atoms with E-state index < -0.39 is 0 Å². The van der Waals surface area contributed by atoms with E-state index >= 15 is 0 Å². The second-order valence-corrected chi connectivity index (χ2v) is 5.44. The molecule has 0 aliphatic heterocycles. The third-order valence-corrected chi connectivity index (χ3v) is 3.50. The number of rotatable bonds is 9. The normalized spacial score (nSPS) is 10.9. The lowest BCUT2D eigenvalue weighted by Crippen LogP contribution is -2.38. The van der Waals surface area contributed by atoms with Gasteiger partial charge in [-0.1, -0.05) is 0 Å². The summed E-state index contributed by atoms with van der Waals surface area (Å²) in [5, 5.41) is 6.64. The third kappa shape index (κ3) is 14.6. The molecule has 3 nitrogen and oxygen atoms in total. The van der Waals surface area contributed by atoms with Crippen molar-refractivity contribution in [3.63, 3.8) is 0 Å². The van der Waals surface area contributed by atoms with Gasteiger partial charge in [-0.05, 0) is 43.3 Å². The maximum Gasteiger partial charge on any atom is 0.190 e. The van der Waals surface area contributed by atoms with Crippen LogP contribution in [0.15, 0.2) is 4.99 Å². The zero-order valence-electron chi connectivity index (χ0n) is 11.1. The van der Waals surface area contributed by atoms with E-state index in [0.29, 0.717) is 0 Å². The summed E-state index contributed by atoms with van der Waals surface area (Å²) in [6, 6.07) is 0. The van der Waals surface area contributed by atoms with Crippen LogP contribution in [0.5, 0.6) is 0 Å². The number of hydrogen-bond donors (Lipinski definition) is 2. The van der Waals surface area contributed by atoms with Gasteiger partial charge in [0.2, 0.25) is 0 Å². The molecular formula is C11H26IN3S2. The Bertz CT molecular complexity index is 180. The van der Waals surface area contributed by atoms with Crippen LogP contribution in [0.3, 0.4) is 0 Å². The van der Waals surface area contributed by atoms with Gasteiger partial charge in [-0.2, -0.15) is 23.5 Å². The number of unbranched alkanes of at least 4 members (excludes halogenated alkanes) is 1. The molecule has 17 heavy (non-hydrogen) atoms. The summed E-state index contributed by atoms with van der Waals surface area (Å²) < 4.78 is 0. The molecule has 2 N–H and O–H groups in total. The first-order chi connectivity index (χ1) is 7.85. The highest BCUT2D eigenvalue weighted by Gasteiger charge is 1.95. The average molecular weight is 391 g/mol. The van der Waals surface area contributed by atoms with Crippen LogP contribution in [-0.4, -0.2) is 50.1 Å². The highest BCUT2D eigenvalue weighted by molar-refractivity contribution is 14.0. The molecule has 0 saturated heterocycles. The number of nitrogens with one attached hydrogen (secondary N) is 2. The minimum absolute atomic E-state index is 0. The minimum Gasteiger partial charge on any atom is -0.356 e. The summed E-state index contributed by atoms with van der Waals surface area (Å²) in [5.74, 6) is 3.39. The van der Waals surface area contributed by atoms with Crippen LogP contribution in [0.2, 0.25) is 0 Å². The summed E-state index contributed by atoms with van der Waals surface area (Å²) in [4.78, 5) is 4.19. The van der Waals surface area contributed by atoms with Crippen LogP contribution >= 0.6 is 47.5 Å². The zero-order valence-corrected chi connectivity index (χ0v) is 15.1. The third-order valence-electron chi connectivity index (χ3n) is 2.11. The van der Waals surface area contributed by atoms with Gasteiger partial charge in [0.25, 0.3) is 0 Å². The predicted octanol–water partition coefficient (Wildman–Crippen LogP) is 2.67. The summed E-state index contributed by atoms with van der Waals surface area (Å²) in [7, 11) is 1.83. The molecule has 0 saturated carbocycles. The van der Waals surface area contributed by atoms with Crippen molar-refractivity contribution in [3.05, 3.63) is 0 Å². The van der Waals surface area contributed by atoms with Crippen molar-refractivity contribution in [2.45, 2.75) is 19.3 Å². The van der Waals surface area contributed by atoms with E-state index in [9.17, 15) is 0 Å². The average Bonchev–Trinajstić information content (AvgIpc) is 2.31. The van der Waals surface area contributed by atoms with Crippen molar-refractivity contribution >= 4 is 53.5 Å².